The number of nitrogens with zero attached hydrogens (tertiary/aromatic N) is 2. The van der Waals surface area contributed by atoms with E-state index in [-0.39, 0.29) is 24.1 Å². The van der Waals surface area contributed by atoms with E-state index in [0.29, 0.717) is 30.3 Å². The van der Waals surface area contributed by atoms with E-state index in [4.69, 9.17) is 4.74 Å². The summed E-state index contributed by atoms with van der Waals surface area (Å²) in [4.78, 5) is 30.8. The molecule has 2 aromatic carbocycles. The predicted octanol–water partition coefficient (Wildman–Crippen LogP) is 4.00. The van der Waals surface area contributed by atoms with Gasteiger partial charge in [-0.2, -0.15) is 0 Å². The quantitative estimate of drug-likeness (QED) is 0.673. The molecule has 3 aromatic rings. The van der Waals surface area contributed by atoms with E-state index in [1.54, 1.807) is 41.6 Å². The Morgan fingerprint density at radius 1 is 1.10 bits per heavy atom. The van der Waals surface area contributed by atoms with Crippen molar-refractivity contribution >= 4 is 17.5 Å². The number of carbonyl (C=O) groups excluding carboxylic acids is 2. The molecule has 1 aliphatic rings. The number of rotatable bonds is 6. The molecule has 1 fully saturated rings. The number of aromatic nitrogens is 1. The van der Waals surface area contributed by atoms with Crippen molar-refractivity contribution in [2.75, 3.05) is 11.9 Å². The van der Waals surface area contributed by atoms with Crippen molar-refractivity contribution in [3.8, 4) is 11.5 Å². The van der Waals surface area contributed by atoms with Crippen LogP contribution < -0.4 is 10.1 Å². The zero-order chi connectivity index (χ0) is 20.9. The number of anilines is 1. The van der Waals surface area contributed by atoms with Crippen molar-refractivity contribution in [2.24, 2.45) is 5.92 Å². The molecule has 4 rings (SSSR count). The largest absolute Gasteiger partial charge is 0.455 e. The number of halogens is 1. The summed E-state index contributed by atoms with van der Waals surface area (Å²) >= 11 is 0. The van der Waals surface area contributed by atoms with Crippen molar-refractivity contribution in [3.63, 3.8) is 0 Å². The zero-order valence-corrected chi connectivity index (χ0v) is 16.1. The SMILES string of the molecule is O=C(Nc1ccccc1Oc1ccc(F)cc1)C1CC(=O)N(Cc2ccncc2)C1. The fourth-order valence-electron chi connectivity index (χ4n) is 3.33. The van der Waals surface area contributed by atoms with Crippen molar-refractivity contribution in [3.05, 3.63) is 84.4 Å². The minimum absolute atomic E-state index is 0.0530. The lowest BCUT2D eigenvalue weighted by Gasteiger charge is -2.17. The average molecular weight is 405 g/mol. The van der Waals surface area contributed by atoms with Crippen LogP contribution in [0.4, 0.5) is 10.1 Å². The summed E-state index contributed by atoms with van der Waals surface area (Å²) in [7, 11) is 0. The molecule has 6 nitrogen and oxygen atoms in total. The molecule has 1 aliphatic heterocycles. The molecule has 1 N–H and O–H groups in total. The minimum atomic E-state index is -0.446. The first-order chi connectivity index (χ1) is 14.6. The third-order valence-corrected chi connectivity index (χ3v) is 4.89. The maximum Gasteiger partial charge on any atom is 0.229 e. The first kappa shape index (κ1) is 19.6. The molecular formula is C23H20FN3O3. The van der Waals surface area contributed by atoms with Crippen molar-refractivity contribution in [1.82, 2.24) is 9.88 Å². The maximum absolute atomic E-state index is 13.1. The Hall–Kier alpha value is -3.74. The summed E-state index contributed by atoms with van der Waals surface area (Å²) in [6, 6.07) is 16.3. The summed E-state index contributed by atoms with van der Waals surface area (Å²) < 4.78 is 18.9. The fraction of sp³-hybridized carbons (Fsp3) is 0.174. The third-order valence-electron chi connectivity index (χ3n) is 4.89. The first-order valence-corrected chi connectivity index (χ1v) is 9.58. The number of pyridine rings is 1. The van der Waals surface area contributed by atoms with Crippen LogP contribution in [-0.2, 0) is 16.1 Å². The van der Waals surface area contributed by atoms with Gasteiger partial charge in [-0.3, -0.25) is 14.6 Å². The molecule has 2 heterocycles. The monoisotopic (exact) mass is 405 g/mol. The summed E-state index contributed by atoms with van der Waals surface area (Å²) in [5.41, 5.74) is 1.46. The van der Waals surface area contributed by atoms with Gasteiger partial charge in [0.1, 0.15) is 11.6 Å². The molecule has 1 saturated heterocycles. The molecule has 2 amide bonds. The van der Waals surface area contributed by atoms with Gasteiger partial charge in [0.15, 0.2) is 5.75 Å². The van der Waals surface area contributed by atoms with Crippen LogP contribution in [-0.4, -0.2) is 28.2 Å². The van der Waals surface area contributed by atoms with Gasteiger partial charge in [-0.15, -0.1) is 0 Å². The van der Waals surface area contributed by atoms with E-state index in [1.165, 1.54) is 24.3 Å². The highest BCUT2D eigenvalue weighted by molar-refractivity contribution is 5.98. The Kier molecular flexibility index (Phi) is 5.70. The van der Waals surface area contributed by atoms with E-state index in [1.807, 2.05) is 12.1 Å². The second-order valence-electron chi connectivity index (χ2n) is 7.07. The zero-order valence-electron chi connectivity index (χ0n) is 16.1. The van der Waals surface area contributed by atoms with E-state index in [2.05, 4.69) is 10.3 Å². The van der Waals surface area contributed by atoms with E-state index >= 15 is 0 Å². The topological polar surface area (TPSA) is 71.5 Å². The number of hydrogen-bond acceptors (Lipinski definition) is 4. The molecule has 0 bridgehead atoms. The molecule has 1 unspecified atom stereocenters. The Bertz CT molecular complexity index is 1040. The first-order valence-electron chi connectivity index (χ1n) is 9.58. The highest BCUT2D eigenvalue weighted by atomic mass is 19.1. The Balaban J connectivity index is 1.42. The molecule has 1 aromatic heterocycles. The standard InChI is InChI=1S/C23H20FN3O3/c24-18-5-7-19(8-6-18)30-21-4-2-1-3-20(21)26-23(29)17-13-22(28)27(15-17)14-16-9-11-25-12-10-16/h1-12,17H,13-15H2,(H,26,29). The fourth-order valence-corrected chi connectivity index (χ4v) is 3.33. The maximum atomic E-state index is 13.1. The average Bonchev–Trinajstić information content (AvgIpc) is 3.12. The lowest BCUT2D eigenvalue weighted by atomic mass is 10.1. The molecule has 0 saturated carbocycles. The van der Waals surface area contributed by atoms with Crippen LogP contribution >= 0.6 is 0 Å². The Morgan fingerprint density at radius 3 is 2.60 bits per heavy atom. The van der Waals surface area contributed by atoms with Gasteiger partial charge in [0.25, 0.3) is 0 Å². The van der Waals surface area contributed by atoms with Gasteiger partial charge in [-0.05, 0) is 54.1 Å². The van der Waals surface area contributed by atoms with Gasteiger partial charge in [-0.25, -0.2) is 4.39 Å². The van der Waals surface area contributed by atoms with Crippen LogP contribution in [0.15, 0.2) is 73.1 Å². The number of carbonyl (C=O) groups is 2. The van der Waals surface area contributed by atoms with Gasteiger partial charge in [-0.1, -0.05) is 12.1 Å². The second kappa shape index (κ2) is 8.73. The van der Waals surface area contributed by atoms with E-state index < -0.39 is 5.92 Å². The molecule has 0 aliphatic carbocycles. The predicted molar refractivity (Wildman–Crippen MR) is 109 cm³/mol. The van der Waals surface area contributed by atoms with E-state index in [9.17, 15) is 14.0 Å². The van der Waals surface area contributed by atoms with Gasteiger partial charge >= 0.3 is 0 Å². The number of ether oxygens (including phenoxy) is 1. The van der Waals surface area contributed by atoms with Crippen molar-refractivity contribution < 1.29 is 18.7 Å². The smallest absolute Gasteiger partial charge is 0.229 e. The van der Waals surface area contributed by atoms with Gasteiger partial charge < -0.3 is 15.0 Å². The number of likely N-dealkylation sites (tertiary alicyclic amines) is 1. The van der Waals surface area contributed by atoms with Crippen LogP contribution in [0.25, 0.3) is 0 Å². The summed E-state index contributed by atoms with van der Waals surface area (Å²) in [5, 5.41) is 2.86. The second-order valence-corrected chi connectivity index (χ2v) is 7.07. The third kappa shape index (κ3) is 4.63. The van der Waals surface area contributed by atoms with Crippen LogP contribution in [0.3, 0.4) is 0 Å². The minimum Gasteiger partial charge on any atom is -0.455 e. The normalized spacial score (nSPS) is 15.8. The lowest BCUT2D eigenvalue weighted by Crippen LogP contribution is -2.28. The number of hydrogen-bond donors (Lipinski definition) is 1. The summed E-state index contributed by atoms with van der Waals surface area (Å²) in [6.07, 6.45) is 3.52. The highest BCUT2D eigenvalue weighted by Gasteiger charge is 2.34. The Morgan fingerprint density at radius 2 is 1.83 bits per heavy atom. The molecule has 0 spiro atoms. The molecule has 0 radical (unpaired) electrons. The Labute approximate surface area is 173 Å². The number of amides is 2. The molecule has 7 heteroatoms. The lowest BCUT2D eigenvalue weighted by molar-refractivity contribution is -0.128. The number of nitrogens with one attached hydrogen (secondary N) is 1. The van der Waals surface area contributed by atoms with Crippen molar-refractivity contribution in [1.29, 1.82) is 0 Å². The summed E-state index contributed by atoms with van der Waals surface area (Å²) in [5.74, 6) is -0.198. The molecule has 1 atom stereocenters. The summed E-state index contributed by atoms with van der Waals surface area (Å²) in [6.45, 7) is 0.809. The highest BCUT2D eigenvalue weighted by Crippen LogP contribution is 2.30. The number of benzene rings is 2. The van der Waals surface area contributed by atoms with Crippen LogP contribution in [0.5, 0.6) is 11.5 Å². The molecule has 30 heavy (non-hydrogen) atoms. The van der Waals surface area contributed by atoms with E-state index in [0.717, 1.165) is 5.56 Å². The van der Waals surface area contributed by atoms with Gasteiger partial charge in [0.2, 0.25) is 11.8 Å². The van der Waals surface area contributed by atoms with Crippen LogP contribution in [0.1, 0.15) is 12.0 Å². The van der Waals surface area contributed by atoms with Gasteiger partial charge in [0.05, 0.1) is 11.6 Å². The number of para-hydroxylation sites is 2. The van der Waals surface area contributed by atoms with Crippen LogP contribution in [0, 0.1) is 11.7 Å². The van der Waals surface area contributed by atoms with Crippen molar-refractivity contribution in [2.45, 2.75) is 13.0 Å². The molecule has 152 valence electrons. The van der Waals surface area contributed by atoms with Gasteiger partial charge in [0, 0.05) is 31.9 Å². The molecular weight excluding hydrogens is 385 g/mol. The van der Waals surface area contributed by atoms with Crippen LogP contribution in [0.2, 0.25) is 0 Å².